The number of anilines is 1. The molecule has 2 aromatic rings. The zero-order valence-corrected chi connectivity index (χ0v) is 10.6. The number of carbonyl (C=O) groups is 1. The number of nitrogens with zero attached hydrogens (tertiary/aromatic N) is 2. The highest BCUT2D eigenvalue weighted by Gasteiger charge is 2.19. The van der Waals surface area contributed by atoms with Gasteiger partial charge in [0.25, 0.3) is 0 Å². The largest absolute Gasteiger partial charge is 0.464 e. The van der Waals surface area contributed by atoms with Crippen LogP contribution in [-0.4, -0.2) is 22.9 Å². The second kappa shape index (κ2) is 4.52. The van der Waals surface area contributed by atoms with E-state index in [1.807, 2.05) is 31.2 Å². The molecule has 0 radical (unpaired) electrons. The predicted molar refractivity (Wildman–Crippen MR) is 68.8 cm³/mol. The van der Waals surface area contributed by atoms with Crippen molar-refractivity contribution in [3.05, 3.63) is 41.1 Å². The summed E-state index contributed by atoms with van der Waals surface area (Å²) in [7, 11) is 1.32. The minimum atomic E-state index is -0.481. The molecule has 1 aromatic carbocycles. The van der Waals surface area contributed by atoms with Gasteiger partial charge >= 0.3 is 5.97 Å². The molecule has 0 spiro atoms. The summed E-state index contributed by atoms with van der Waals surface area (Å²) in [6.45, 7) is 3.75. The number of aromatic nitrogens is 2. The molecule has 0 saturated carbocycles. The molecule has 0 aliphatic heterocycles. The van der Waals surface area contributed by atoms with Gasteiger partial charge in [-0.25, -0.2) is 9.48 Å². The van der Waals surface area contributed by atoms with Crippen LogP contribution in [0.15, 0.2) is 24.3 Å². The number of aryl methyl sites for hydroxylation is 1. The summed E-state index contributed by atoms with van der Waals surface area (Å²) >= 11 is 0. The van der Waals surface area contributed by atoms with Crippen LogP contribution in [0.2, 0.25) is 0 Å². The highest BCUT2D eigenvalue weighted by molar-refractivity contribution is 5.90. The van der Waals surface area contributed by atoms with Crippen molar-refractivity contribution >= 4 is 11.8 Å². The topological polar surface area (TPSA) is 70.1 Å². The van der Waals surface area contributed by atoms with Gasteiger partial charge < -0.3 is 10.5 Å². The van der Waals surface area contributed by atoms with Crippen molar-refractivity contribution in [3.63, 3.8) is 0 Å². The van der Waals surface area contributed by atoms with Crippen LogP contribution in [0.4, 0.5) is 5.82 Å². The van der Waals surface area contributed by atoms with E-state index >= 15 is 0 Å². The second-order valence-electron chi connectivity index (χ2n) is 4.10. The number of esters is 1. The van der Waals surface area contributed by atoms with Crippen LogP contribution >= 0.6 is 0 Å². The number of benzene rings is 1. The highest BCUT2D eigenvalue weighted by Crippen LogP contribution is 2.20. The van der Waals surface area contributed by atoms with Gasteiger partial charge in [0.05, 0.1) is 12.8 Å². The number of methoxy groups -OCH3 is 1. The second-order valence-corrected chi connectivity index (χ2v) is 4.10. The Balaban J connectivity index is 2.52. The number of nitrogen functional groups attached to an aromatic ring is 1. The van der Waals surface area contributed by atoms with Crippen molar-refractivity contribution in [2.75, 3.05) is 12.8 Å². The fourth-order valence-corrected chi connectivity index (χ4v) is 1.68. The van der Waals surface area contributed by atoms with E-state index in [9.17, 15) is 4.79 Å². The molecule has 0 aliphatic carbocycles. The normalized spacial score (nSPS) is 10.4. The van der Waals surface area contributed by atoms with E-state index < -0.39 is 5.97 Å². The molecular weight excluding hydrogens is 230 g/mol. The number of carbonyl (C=O) groups excluding carboxylic acids is 1. The minimum Gasteiger partial charge on any atom is -0.464 e. The van der Waals surface area contributed by atoms with Gasteiger partial charge in [-0.2, -0.15) is 5.10 Å². The van der Waals surface area contributed by atoms with Gasteiger partial charge in [-0.3, -0.25) is 0 Å². The van der Waals surface area contributed by atoms with Crippen LogP contribution in [0.1, 0.15) is 21.6 Å². The van der Waals surface area contributed by atoms with Crippen molar-refractivity contribution in [2.24, 2.45) is 0 Å². The molecule has 5 heteroatoms. The maximum Gasteiger partial charge on any atom is 0.358 e. The highest BCUT2D eigenvalue weighted by atomic mass is 16.5. The Bertz CT molecular complexity index is 585. The molecule has 2 rings (SSSR count). The van der Waals surface area contributed by atoms with Crippen molar-refractivity contribution in [2.45, 2.75) is 13.8 Å². The van der Waals surface area contributed by atoms with Gasteiger partial charge in [0, 0.05) is 5.56 Å². The third kappa shape index (κ3) is 1.95. The summed E-state index contributed by atoms with van der Waals surface area (Å²) < 4.78 is 6.21. The zero-order valence-electron chi connectivity index (χ0n) is 10.6. The van der Waals surface area contributed by atoms with E-state index in [-0.39, 0.29) is 5.69 Å². The fourth-order valence-electron chi connectivity index (χ4n) is 1.68. The van der Waals surface area contributed by atoms with Gasteiger partial charge in [-0.15, -0.1) is 0 Å². The maximum atomic E-state index is 11.5. The Labute approximate surface area is 105 Å². The molecule has 0 atom stereocenters. The summed E-state index contributed by atoms with van der Waals surface area (Å²) in [4.78, 5) is 11.5. The first kappa shape index (κ1) is 12.2. The lowest BCUT2D eigenvalue weighted by Crippen LogP contribution is -2.05. The first-order valence-corrected chi connectivity index (χ1v) is 5.55. The average Bonchev–Trinajstić information content (AvgIpc) is 2.67. The first-order chi connectivity index (χ1) is 8.54. The van der Waals surface area contributed by atoms with Crippen LogP contribution in [-0.2, 0) is 4.74 Å². The molecule has 0 unspecified atom stereocenters. The lowest BCUT2D eigenvalue weighted by molar-refractivity contribution is 0.0592. The van der Waals surface area contributed by atoms with E-state index in [0.29, 0.717) is 11.4 Å². The van der Waals surface area contributed by atoms with E-state index in [1.54, 1.807) is 11.6 Å². The molecule has 2 N–H and O–H groups in total. The minimum absolute atomic E-state index is 0.246. The Hall–Kier alpha value is -2.30. The molecule has 1 heterocycles. The molecule has 1 aromatic heterocycles. The van der Waals surface area contributed by atoms with Crippen LogP contribution in [0.3, 0.4) is 0 Å². The Kier molecular flexibility index (Phi) is 3.06. The van der Waals surface area contributed by atoms with Crippen molar-refractivity contribution in [1.29, 1.82) is 0 Å². The van der Waals surface area contributed by atoms with E-state index in [1.165, 1.54) is 7.11 Å². The summed E-state index contributed by atoms with van der Waals surface area (Å²) in [5.74, 6) is -0.0377. The molecule has 0 amide bonds. The third-order valence-corrected chi connectivity index (χ3v) is 2.82. The summed E-state index contributed by atoms with van der Waals surface area (Å²) in [5.41, 5.74) is 8.80. The van der Waals surface area contributed by atoms with Gasteiger partial charge in [-0.1, -0.05) is 17.7 Å². The van der Waals surface area contributed by atoms with Crippen LogP contribution < -0.4 is 5.73 Å². The maximum absolute atomic E-state index is 11.5. The van der Waals surface area contributed by atoms with E-state index in [0.717, 1.165) is 11.3 Å². The number of rotatable bonds is 2. The number of ether oxygens (including phenoxy) is 1. The van der Waals surface area contributed by atoms with Gasteiger partial charge in [0.15, 0.2) is 5.69 Å². The lowest BCUT2D eigenvalue weighted by atomic mass is 10.2. The average molecular weight is 245 g/mol. The smallest absolute Gasteiger partial charge is 0.358 e. The molecule has 0 aliphatic rings. The Morgan fingerprint density at radius 1 is 1.28 bits per heavy atom. The third-order valence-electron chi connectivity index (χ3n) is 2.82. The van der Waals surface area contributed by atoms with E-state index in [4.69, 9.17) is 5.73 Å². The molecule has 5 nitrogen and oxygen atoms in total. The number of nitrogens with two attached hydrogens (primary N) is 1. The lowest BCUT2D eigenvalue weighted by Gasteiger charge is -2.04. The number of hydrogen-bond donors (Lipinski definition) is 1. The molecule has 0 saturated heterocycles. The Morgan fingerprint density at radius 3 is 2.44 bits per heavy atom. The first-order valence-electron chi connectivity index (χ1n) is 5.55. The summed E-state index contributed by atoms with van der Waals surface area (Å²) in [5, 5.41) is 4.20. The van der Waals surface area contributed by atoms with Gasteiger partial charge in [-0.05, 0) is 26.0 Å². The number of hydrogen-bond acceptors (Lipinski definition) is 4. The van der Waals surface area contributed by atoms with Crippen LogP contribution in [0.25, 0.3) is 5.69 Å². The molecule has 18 heavy (non-hydrogen) atoms. The predicted octanol–water partition coefficient (Wildman–Crippen LogP) is 1.86. The summed E-state index contributed by atoms with van der Waals surface area (Å²) in [6.07, 6.45) is 0. The van der Waals surface area contributed by atoms with Crippen molar-refractivity contribution < 1.29 is 9.53 Å². The SMILES string of the molecule is COC(=O)c1nn(-c2ccc(C)cc2)c(N)c1C. The zero-order chi connectivity index (χ0) is 13.3. The summed E-state index contributed by atoms with van der Waals surface area (Å²) in [6, 6.07) is 7.73. The van der Waals surface area contributed by atoms with Crippen LogP contribution in [0, 0.1) is 13.8 Å². The van der Waals surface area contributed by atoms with E-state index in [2.05, 4.69) is 9.84 Å². The monoisotopic (exact) mass is 245 g/mol. The molecule has 0 bridgehead atoms. The van der Waals surface area contributed by atoms with Crippen molar-refractivity contribution in [3.8, 4) is 5.69 Å². The van der Waals surface area contributed by atoms with Crippen molar-refractivity contribution in [1.82, 2.24) is 9.78 Å². The standard InChI is InChI=1S/C13H15N3O2/c1-8-4-6-10(7-5-8)16-12(14)9(2)11(15-16)13(17)18-3/h4-7H,14H2,1-3H3. The quantitative estimate of drug-likeness (QED) is 0.820. The molecule has 94 valence electrons. The molecular formula is C13H15N3O2. The van der Waals surface area contributed by atoms with Crippen LogP contribution in [0.5, 0.6) is 0 Å². The van der Waals surface area contributed by atoms with Gasteiger partial charge in [0.1, 0.15) is 5.82 Å². The Morgan fingerprint density at radius 2 is 1.89 bits per heavy atom. The molecule has 0 fully saturated rings. The van der Waals surface area contributed by atoms with Gasteiger partial charge in [0.2, 0.25) is 0 Å². The fraction of sp³-hybridized carbons (Fsp3) is 0.231.